The lowest BCUT2D eigenvalue weighted by molar-refractivity contribution is 0.482. The third-order valence-electron chi connectivity index (χ3n) is 3.14. The molecule has 0 aliphatic carbocycles. The van der Waals surface area contributed by atoms with Crippen LogP contribution in [0.15, 0.2) is 12.4 Å². The standard InChI is InChI=1S/C13H22ClN3/c1-4-11(5-2)10-17(6-3)13-15-8-12(7-14)9-16-13/h8-9,11H,4-7,10H2,1-3H3. The van der Waals surface area contributed by atoms with E-state index in [0.29, 0.717) is 11.8 Å². The Morgan fingerprint density at radius 1 is 1.18 bits per heavy atom. The molecule has 17 heavy (non-hydrogen) atoms. The molecule has 0 saturated carbocycles. The van der Waals surface area contributed by atoms with E-state index in [9.17, 15) is 0 Å². The number of hydrogen-bond acceptors (Lipinski definition) is 3. The summed E-state index contributed by atoms with van der Waals surface area (Å²) >= 11 is 5.73. The fourth-order valence-electron chi connectivity index (χ4n) is 1.79. The van der Waals surface area contributed by atoms with E-state index in [1.54, 1.807) is 0 Å². The van der Waals surface area contributed by atoms with E-state index in [1.807, 2.05) is 12.4 Å². The van der Waals surface area contributed by atoms with Crippen LogP contribution in [0.2, 0.25) is 0 Å². The van der Waals surface area contributed by atoms with Crippen molar-refractivity contribution in [2.75, 3.05) is 18.0 Å². The number of aromatic nitrogens is 2. The maximum Gasteiger partial charge on any atom is 0.225 e. The molecule has 96 valence electrons. The predicted molar refractivity (Wildman–Crippen MR) is 73.5 cm³/mol. The van der Waals surface area contributed by atoms with Gasteiger partial charge in [0.15, 0.2) is 0 Å². The van der Waals surface area contributed by atoms with Crippen molar-refractivity contribution >= 4 is 17.5 Å². The van der Waals surface area contributed by atoms with Crippen LogP contribution < -0.4 is 4.90 Å². The highest BCUT2D eigenvalue weighted by molar-refractivity contribution is 6.17. The van der Waals surface area contributed by atoms with Gasteiger partial charge in [-0.25, -0.2) is 9.97 Å². The van der Waals surface area contributed by atoms with E-state index >= 15 is 0 Å². The molecule has 0 aliphatic rings. The van der Waals surface area contributed by atoms with Crippen LogP contribution in [0.3, 0.4) is 0 Å². The lowest BCUT2D eigenvalue weighted by Gasteiger charge is -2.25. The maximum atomic E-state index is 5.73. The van der Waals surface area contributed by atoms with E-state index in [2.05, 4.69) is 35.6 Å². The van der Waals surface area contributed by atoms with Crippen LogP contribution >= 0.6 is 11.6 Å². The minimum absolute atomic E-state index is 0.471. The van der Waals surface area contributed by atoms with Gasteiger partial charge in [0.2, 0.25) is 5.95 Å². The summed E-state index contributed by atoms with van der Waals surface area (Å²) in [6.07, 6.45) is 6.02. The molecule has 1 aromatic heterocycles. The fourth-order valence-corrected chi connectivity index (χ4v) is 1.93. The summed E-state index contributed by atoms with van der Waals surface area (Å²) < 4.78 is 0. The first-order valence-corrected chi connectivity index (χ1v) is 6.90. The van der Waals surface area contributed by atoms with Crippen LogP contribution in [-0.4, -0.2) is 23.1 Å². The first-order valence-electron chi connectivity index (χ1n) is 6.36. The molecular weight excluding hydrogens is 234 g/mol. The lowest BCUT2D eigenvalue weighted by atomic mass is 10.0. The third-order valence-corrected chi connectivity index (χ3v) is 3.45. The van der Waals surface area contributed by atoms with Crippen LogP contribution in [0, 0.1) is 5.92 Å². The van der Waals surface area contributed by atoms with Crippen molar-refractivity contribution < 1.29 is 0 Å². The molecule has 0 aliphatic heterocycles. The molecule has 0 saturated heterocycles. The average molecular weight is 256 g/mol. The SMILES string of the molecule is CCC(CC)CN(CC)c1ncc(CCl)cn1. The van der Waals surface area contributed by atoms with E-state index in [1.165, 1.54) is 12.8 Å². The van der Waals surface area contributed by atoms with Gasteiger partial charge in [-0.1, -0.05) is 26.7 Å². The fraction of sp³-hybridized carbons (Fsp3) is 0.692. The van der Waals surface area contributed by atoms with Gasteiger partial charge < -0.3 is 4.90 Å². The highest BCUT2D eigenvalue weighted by Gasteiger charge is 2.12. The van der Waals surface area contributed by atoms with Crippen LogP contribution in [0.1, 0.15) is 39.2 Å². The van der Waals surface area contributed by atoms with E-state index < -0.39 is 0 Å². The van der Waals surface area contributed by atoms with Gasteiger partial charge in [0.25, 0.3) is 0 Å². The summed E-state index contributed by atoms with van der Waals surface area (Å²) in [7, 11) is 0. The summed E-state index contributed by atoms with van der Waals surface area (Å²) in [6.45, 7) is 8.58. The van der Waals surface area contributed by atoms with Crippen LogP contribution in [0.25, 0.3) is 0 Å². The molecule has 4 heteroatoms. The molecule has 0 aromatic carbocycles. The number of nitrogens with zero attached hydrogens (tertiary/aromatic N) is 3. The zero-order valence-corrected chi connectivity index (χ0v) is 11.7. The van der Waals surface area contributed by atoms with Gasteiger partial charge >= 0.3 is 0 Å². The molecule has 0 radical (unpaired) electrons. The largest absolute Gasteiger partial charge is 0.341 e. The number of anilines is 1. The van der Waals surface area contributed by atoms with Crippen LogP contribution in [0.5, 0.6) is 0 Å². The molecule has 0 atom stereocenters. The summed E-state index contributed by atoms with van der Waals surface area (Å²) in [4.78, 5) is 11.0. The first-order chi connectivity index (χ1) is 8.24. The Kier molecular flexibility index (Phi) is 6.27. The second-order valence-electron chi connectivity index (χ2n) is 4.25. The highest BCUT2D eigenvalue weighted by atomic mass is 35.5. The van der Waals surface area contributed by atoms with Crippen LogP contribution in [0.4, 0.5) is 5.95 Å². The van der Waals surface area contributed by atoms with Crippen molar-refractivity contribution in [1.29, 1.82) is 0 Å². The van der Waals surface area contributed by atoms with Gasteiger partial charge in [0, 0.05) is 31.0 Å². The molecule has 0 fully saturated rings. The third kappa shape index (κ3) is 4.15. The number of halogens is 1. The zero-order valence-electron chi connectivity index (χ0n) is 11.0. The second kappa shape index (κ2) is 7.49. The molecule has 3 nitrogen and oxygen atoms in total. The normalized spacial score (nSPS) is 10.9. The minimum Gasteiger partial charge on any atom is -0.341 e. The molecule has 0 amide bonds. The van der Waals surface area contributed by atoms with E-state index in [0.717, 1.165) is 24.6 Å². The topological polar surface area (TPSA) is 29.0 Å². The van der Waals surface area contributed by atoms with Crippen molar-refractivity contribution in [3.05, 3.63) is 18.0 Å². The molecular formula is C13H22ClN3. The van der Waals surface area contributed by atoms with Crippen molar-refractivity contribution in [2.45, 2.75) is 39.5 Å². The van der Waals surface area contributed by atoms with Gasteiger partial charge in [-0.2, -0.15) is 0 Å². The van der Waals surface area contributed by atoms with Gasteiger partial charge in [-0.15, -0.1) is 11.6 Å². The first kappa shape index (κ1) is 14.2. The summed E-state index contributed by atoms with van der Waals surface area (Å²) in [5.41, 5.74) is 0.967. The molecule has 1 rings (SSSR count). The second-order valence-corrected chi connectivity index (χ2v) is 4.51. The lowest BCUT2D eigenvalue weighted by Crippen LogP contribution is -2.30. The molecule has 0 N–H and O–H groups in total. The Hall–Kier alpha value is -0.830. The Balaban J connectivity index is 2.71. The number of rotatable bonds is 7. The Morgan fingerprint density at radius 3 is 2.18 bits per heavy atom. The molecule has 1 heterocycles. The Labute approximate surface area is 109 Å². The van der Waals surface area contributed by atoms with Gasteiger partial charge in [-0.05, 0) is 12.8 Å². The maximum absolute atomic E-state index is 5.73. The van der Waals surface area contributed by atoms with Gasteiger partial charge in [0.1, 0.15) is 0 Å². The van der Waals surface area contributed by atoms with Crippen molar-refractivity contribution in [2.24, 2.45) is 5.92 Å². The Bertz CT molecular complexity index is 309. The summed E-state index contributed by atoms with van der Waals surface area (Å²) in [6, 6.07) is 0. The highest BCUT2D eigenvalue weighted by Crippen LogP contribution is 2.14. The van der Waals surface area contributed by atoms with Crippen molar-refractivity contribution in [3.8, 4) is 0 Å². The van der Waals surface area contributed by atoms with Gasteiger partial charge in [-0.3, -0.25) is 0 Å². The summed E-state index contributed by atoms with van der Waals surface area (Å²) in [5, 5.41) is 0. The minimum atomic E-state index is 0.471. The Morgan fingerprint density at radius 2 is 1.76 bits per heavy atom. The number of hydrogen-bond donors (Lipinski definition) is 0. The zero-order chi connectivity index (χ0) is 12.7. The van der Waals surface area contributed by atoms with E-state index in [-0.39, 0.29) is 0 Å². The molecule has 1 aromatic rings. The molecule has 0 unspecified atom stereocenters. The average Bonchev–Trinajstić information content (AvgIpc) is 2.40. The van der Waals surface area contributed by atoms with Gasteiger partial charge in [0.05, 0.1) is 5.88 Å². The molecule has 0 bridgehead atoms. The smallest absolute Gasteiger partial charge is 0.225 e. The van der Waals surface area contributed by atoms with E-state index in [4.69, 9.17) is 11.6 Å². The summed E-state index contributed by atoms with van der Waals surface area (Å²) in [5.74, 6) is 2.00. The molecule has 0 spiro atoms. The quantitative estimate of drug-likeness (QED) is 0.699. The monoisotopic (exact) mass is 255 g/mol. The van der Waals surface area contributed by atoms with Crippen molar-refractivity contribution in [3.63, 3.8) is 0 Å². The predicted octanol–water partition coefficient (Wildman–Crippen LogP) is 3.48. The van der Waals surface area contributed by atoms with Crippen molar-refractivity contribution in [1.82, 2.24) is 9.97 Å². The number of alkyl halides is 1. The van der Waals surface area contributed by atoms with Crippen LogP contribution in [-0.2, 0) is 5.88 Å².